The van der Waals surface area contributed by atoms with Gasteiger partial charge < -0.3 is 9.13 Å². The summed E-state index contributed by atoms with van der Waals surface area (Å²) in [5, 5.41) is 14.4. The van der Waals surface area contributed by atoms with E-state index < -0.39 is 0 Å². The van der Waals surface area contributed by atoms with Crippen molar-refractivity contribution in [1.29, 1.82) is 0 Å². The van der Waals surface area contributed by atoms with Gasteiger partial charge in [-0.05, 0) is 120 Å². The lowest BCUT2D eigenvalue weighted by atomic mass is 9.87. The maximum Gasteiger partial charge on any atom is 0.0864 e. The van der Waals surface area contributed by atoms with E-state index >= 15 is 0 Å². The summed E-state index contributed by atoms with van der Waals surface area (Å²) in [5.74, 6) is 0. The Morgan fingerprint density at radius 1 is 0.589 bits per heavy atom. The number of para-hydroxylation sites is 1. The number of allylic oxidation sites excluding steroid dienone is 7. The van der Waals surface area contributed by atoms with Crippen LogP contribution in [0.1, 0.15) is 78.0 Å². The summed E-state index contributed by atoms with van der Waals surface area (Å²) in [6.45, 7) is 0. The zero-order chi connectivity index (χ0) is 37.0. The minimum Gasteiger partial charge on any atom is -0.332 e. The molecular weight excluding hydrogens is 683 g/mol. The fourth-order valence-electron chi connectivity index (χ4n) is 10.0. The average Bonchev–Trinajstić information content (AvgIpc) is 3.79. The normalized spacial score (nSPS) is 23.1. The van der Waals surface area contributed by atoms with E-state index in [1.807, 2.05) is 0 Å². The van der Waals surface area contributed by atoms with Crippen LogP contribution in [0.3, 0.4) is 0 Å². The monoisotopic (exact) mass is 729 g/mol. The van der Waals surface area contributed by atoms with Crippen LogP contribution in [0.5, 0.6) is 0 Å². The molecule has 4 atom stereocenters. The van der Waals surface area contributed by atoms with Gasteiger partial charge in [0.05, 0.1) is 24.5 Å². The third kappa shape index (κ3) is 5.73. The van der Waals surface area contributed by atoms with Crippen molar-refractivity contribution in [3.8, 4) is 5.69 Å². The van der Waals surface area contributed by atoms with E-state index in [2.05, 4.69) is 183 Å². The number of rotatable bonds is 6. The molecule has 0 amide bonds. The second kappa shape index (κ2) is 14.1. The standard InChI is InChI=1S/C51H47N5/c1-4-16-34(17-5-1)42-32-37(51-53-49(35-18-6-2-7-19-35)52-50(54-51)36-20-8-3-9-21-36)28-30-47(42)56-46-27-15-12-24-41(46)43-33-38(29-31-48(43)56)55-44-25-13-10-22-39(44)40-23-11-14-26-45(40)55/h1-8,12-20,24-29,31-33,47,49-54H,9-11,21-23,30H2. The quantitative estimate of drug-likeness (QED) is 0.160. The predicted octanol–water partition coefficient (Wildman–Crippen LogP) is 10.9. The fraction of sp³-hybridized carbons (Fsp3) is 0.216. The lowest BCUT2D eigenvalue weighted by Gasteiger charge is -2.42. The Kier molecular flexibility index (Phi) is 8.46. The number of benzene rings is 4. The molecule has 3 N–H and O–H groups in total. The van der Waals surface area contributed by atoms with Gasteiger partial charge in [0.1, 0.15) is 0 Å². The van der Waals surface area contributed by atoms with Crippen LogP contribution in [0.4, 0.5) is 0 Å². The molecule has 1 saturated heterocycles. The van der Waals surface area contributed by atoms with Crippen LogP contribution in [0.15, 0.2) is 157 Å². The molecule has 0 spiro atoms. The highest BCUT2D eigenvalue weighted by molar-refractivity contribution is 6.09. The number of fused-ring (bicyclic) bond motifs is 6. The molecule has 6 aromatic rings. The first-order chi connectivity index (χ1) is 27.8. The Morgan fingerprint density at radius 2 is 1.27 bits per heavy atom. The van der Waals surface area contributed by atoms with Crippen molar-refractivity contribution in [2.75, 3.05) is 0 Å². The van der Waals surface area contributed by atoms with Crippen LogP contribution in [0, 0.1) is 0 Å². The van der Waals surface area contributed by atoms with Gasteiger partial charge in [0, 0.05) is 38.9 Å². The SMILES string of the molecule is C1=CCCC(C2NC(C3=CCC(n4c5ccccc5c5cc(-n6c7c(c8c6C=CCC8)CCC=C7)ccc54)C(c4ccccc4)=C3)NC(c3ccccc3)N2)=C1. The summed E-state index contributed by atoms with van der Waals surface area (Å²) in [6.07, 6.45) is 28.7. The van der Waals surface area contributed by atoms with E-state index in [1.54, 1.807) is 11.1 Å². The van der Waals surface area contributed by atoms with Crippen LogP contribution >= 0.6 is 0 Å². The lowest BCUT2D eigenvalue weighted by molar-refractivity contribution is 0.240. The average molecular weight is 730 g/mol. The Labute approximate surface area is 329 Å². The highest BCUT2D eigenvalue weighted by Gasteiger charge is 2.34. The molecule has 2 aromatic heterocycles. The molecule has 276 valence electrons. The van der Waals surface area contributed by atoms with Crippen molar-refractivity contribution in [2.45, 2.75) is 69.5 Å². The molecule has 1 aliphatic heterocycles. The third-order valence-electron chi connectivity index (χ3n) is 12.6. The first-order valence-electron chi connectivity index (χ1n) is 20.6. The van der Waals surface area contributed by atoms with Gasteiger partial charge in [-0.1, -0.05) is 121 Å². The minimum absolute atomic E-state index is 0.0143. The number of nitrogens with zero attached hydrogens (tertiary/aromatic N) is 2. The molecular formula is C51H47N5. The summed E-state index contributed by atoms with van der Waals surface area (Å²) < 4.78 is 5.15. The highest BCUT2D eigenvalue weighted by Crippen LogP contribution is 2.44. The van der Waals surface area contributed by atoms with Crippen LogP contribution < -0.4 is 16.0 Å². The molecule has 11 rings (SSSR count). The van der Waals surface area contributed by atoms with E-state index in [4.69, 9.17) is 0 Å². The molecule has 0 saturated carbocycles. The van der Waals surface area contributed by atoms with Crippen LogP contribution in [-0.2, 0) is 12.8 Å². The second-order valence-electron chi connectivity index (χ2n) is 15.9. The van der Waals surface area contributed by atoms with E-state index in [0.29, 0.717) is 0 Å². The van der Waals surface area contributed by atoms with E-state index in [-0.39, 0.29) is 24.5 Å². The summed E-state index contributed by atoms with van der Waals surface area (Å²) in [5.41, 5.74) is 16.2. The molecule has 5 nitrogen and oxygen atoms in total. The first-order valence-corrected chi connectivity index (χ1v) is 20.6. The van der Waals surface area contributed by atoms with Crippen molar-refractivity contribution in [2.24, 2.45) is 0 Å². The highest BCUT2D eigenvalue weighted by atomic mass is 15.4. The van der Waals surface area contributed by atoms with E-state index in [9.17, 15) is 0 Å². The van der Waals surface area contributed by atoms with Gasteiger partial charge in [0.25, 0.3) is 0 Å². The molecule has 0 radical (unpaired) electrons. The largest absolute Gasteiger partial charge is 0.332 e. The molecule has 5 aliphatic rings. The topological polar surface area (TPSA) is 46.0 Å². The third-order valence-corrected chi connectivity index (χ3v) is 12.6. The number of hydrogen-bond donors (Lipinski definition) is 3. The minimum atomic E-state index is -0.0276. The van der Waals surface area contributed by atoms with Gasteiger partial charge in [0.15, 0.2) is 0 Å². The maximum absolute atomic E-state index is 3.98. The molecule has 4 aliphatic carbocycles. The second-order valence-corrected chi connectivity index (χ2v) is 15.9. The van der Waals surface area contributed by atoms with Gasteiger partial charge in [-0.25, -0.2) is 0 Å². The van der Waals surface area contributed by atoms with Crippen molar-refractivity contribution < 1.29 is 0 Å². The summed E-state index contributed by atoms with van der Waals surface area (Å²) in [4.78, 5) is 0. The van der Waals surface area contributed by atoms with Crippen LogP contribution in [0.25, 0.3) is 45.2 Å². The number of nitrogens with one attached hydrogen (secondary N) is 3. The molecule has 3 heterocycles. The summed E-state index contributed by atoms with van der Waals surface area (Å²) in [7, 11) is 0. The molecule has 4 unspecified atom stereocenters. The van der Waals surface area contributed by atoms with Gasteiger partial charge in [-0.2, -0.15) is 0 Å². The Morgan fingerprint density at radius 3 is 2.04 bits per heavy atom. The van der Waals surface area contributed by atoms with Gasteiger partial charge in [0.2, 0.25) is 0 Å². The Balaban J connectivity index is 1.02. The molecule has 56 heavy (non-hydrogen) atoms. The first kappa shape index (κ1) is 33.6. The fourth-order valence-corrected chi connectivity index (χ4v) is 10.0. The molecule has 1 fully saturated rings. The lowest BCUT2D eigenvalue weighted by Crippen LogP contribution is -2.64. The number of hydrogen-bond acceptors (Lipinski definition) is 3. The van der Waals surface area contributed by atoms with Crippen molar-refractivity contribution in [3.63, 3.8) is 0 Å². The van der Waals surface area contributed by atoms with E-state index in [1.165, 1.54) is 66.7 Å². The number of aromatic nitrogens is 2. The zero-order valence-corrected chi connectivity index (χ0v) is 31.7. The van der Waals surface area contributed by atoms with Crippen LogP contribution in [-0.4, -0.2) is 21.5 Å². The molecule has 5 heteroatoms. The molecule has 0 bridgehead atoms. The van der Waals surface area contributed by atoms with Gasteiger partial charge in [-0.3, -0.25) is 16.0 Å². The van der Waals surface area contributed by atoms with Crippen molar-refractivity contribution in [1.82, 2.24) is 25.1 Å². The summed E-state index contributed by atoms with van der Waals surface area (Å²) >= 11 is 0. The van der Waals surface area contributed by atoms with Crippen molar-refractivity contribution >= 4 is 39.5 Å². The Bertz CT molecular complexity index is 2620. The zero-order valence-electron chi connectivity index (χ0n) is 31.7. The maximum atomic E-state index is 3.98. The predicted molar refractivity (Wildman–Crippen MR) is 232 cm³/mol. The van der Waals surface area contributed by atoms with E-state index in [0.717, 1.165) is 44.9 Å². The van der Waals surface area contributed by atoms with Crippen LogP contribution in [0.2, 0.25) is 0 Å². The summed E-state index contributed by atoms with van der Waals surface area (Å²) in [6, 6.07) is 38.2. The van der Waals surface area contributed by atoms with Gasteiger partial charge >= 0.3 is 0 Å². The van der Waals surface area contributed by atoms with Crippen molar-refractivity contribution in [3.05, 3.63) is 190 Å². The Hall–Kier alpha value is -5.72. The molecule has 4 aromatic carbocycles. The van der Waals surface area contributed by atoms with Gasteiger partial charge in [-0.15, -0.1) is 0 Å². The smallest absolute Gasteiger partial charge is 0.0864 e.